The molecule has 0 saturated carbocycles. The van der Waals surface area contributed by atoms with Crippen LogP contribution in [-0.4, -0.2) is 60.0 Å². The molecule has 1 aliphatic rings. The Labute approximate surface area is 166 Å². The number of furan rings is 1. The number of hydrogen-bond donors (Lipinski definition) is 0. The van der Waals surface area contributed by atoms with Gasteiger partial charge >= 0.3 is 0 Å². The summed E-state index contributed by atoms with van der Waals surface area (Å²) < 4.78 is 10.4. The number of rotatable bonds is 7. The summed E-state index contributed by atoms with van der Waals surface area (Å²) in [5.74, 6) is 0.203. The lowest BCUT2D eigenvalue weighted by Crippen LogP contribution is -2.48. The van der Waals surface area contributed by atoms with Crippen LogP contribution in [0.25, 0.3) is 0 Å². The monoisotopic (exact) mass is 405 g/mol. The lowest BCUT2D eigenvalue weighted by Gasteiger charge is -2.35. The molecule has 0 aromatic carbocycles. The van der Waals surface area contributed by atoms with E-state index in [2.05, 4.69) is 14.9 Å². The van der Waals surface area contributed by atoms with Crippen LogP contribution in [0.1, 0.15) is 28.9 Å². The second kappa shape index (κ2) is 9.07. The average molecular weight is 405 g/mol. The van der Waals surface area contributed by atoms with Crippen LogP contribution < -0.4 is 10.0 Å². The van der Waals surface area contributed by atoms with Crippen molar-refractivity contribution in [1.82, 2.24) is 14.9 Å². The van der Waals surface area contributed by atoms with Crippen LogP contribution in [0.3, 0.4) is 0 Å². The van der Waals surface area contributed by atoms with Crippen LogP contribution in [0.15, 0.2) is 27.8 Å². The molecule has 10 heteroatoms. The van der Waals surface area contributed by atoms with Crippen molar-refractivity contribution >= 4 is 29.5 Å². The largest absolute Gasteiger partial charge is 0.542 e. The number of aromatic nitrogens is 2. The fourth-order valence-electron chi connectivity index (χ4n) is 2.86. The Morgan fingerprint density at radius 1 is 1.25 bits per heavy atom. The number of carbonyl (C=O) groups is 2. The smallest absolute Gasteiger partial charge is 0.219 e. The van der Waals surface area contributed by atoms with Crippen LogP contribution in [0.4, 0.5) is 5.82 Å². The summed E-state index contributed by atoms with van der Waals surface area (Å²) in [7, 11) is 1.60. The number of carboxylic acid groups (broad SMARTS) is 1. The van der Waals surface area contributed by atoms with Gasteiger partial charge in [-0.1, -0.05) is 11.8 Å². The number of aromatic carboxylic acids is 1. The van der Waals surface area contributed by atoms with Crippen molar-refractivity contribution in [2.75, 3.05) is 38.2 Å². The van der Waals surface area contributed by atoms with Crippen LogP contribution in [0, 0.1) is 0 Å². The first-order valence-electron chi connectivity index (χ1n) is 8.76. The predicted molar refractivity (Wildman–Crippen MR) is 99.8 cm³/mol. The number of piperazine rings is 1. The van der Waals surface area contributed by atoms with Gasteiger partial charge in [0.1, 0.15) is 23.3 Å². The van der Waals surface area contributed by atoms with Gasteiger partial charge in [-0.2, -0.15) is 0 Å². The van der Waals surface area contributed by atoms with Gasteiger partial charge in [0.05, 0.1) is 18.1 Å². The van der Waals surface area contributed by atoms with Gasteiger partial charge in [0.25, 0.3) is 0 Å². The summed E-state index contributed by atoms with van der Waals surface area (Å²) in [6, 6.07) is 4.85. The lowest BCUT2D eigenvalue weighted by molar-refractivity contribution is -0.257. The maximum Gasteiger partial charge on any atom is 0.219 e. The molecular formula is C18H21N4O5S-. The third-order valence-corrected chi connectivity index (χ3v) is 5.16. The molecule has 1 amide bonds. The minimum Gasteiger partial charge on any atom is -0.542 e. The van der Waals surface area contributed by atoms with Gasteiger partial charge in [-0.3, -0.25) is 4.79 Å². The highest BCUT2D eigenvalue weighted by molar-refractivity contribution is 7.98. The summed E-state index contributed by atoms with van der Waals surface area (Å²) in [6.07, 6.45) is 0. The van der Waals surface area contributed by atoms with Crippen LogP contribution in [-0.2, 0) is 21.9 Å². The Balaban J connectivity index is 1.72. The molecule has 3 heterocycles. The lowest BCUT2D eigenvalue weighted by atomic mass is 10.3. The van der Waals surface area contributed by atoms with Gasteiger partial charge in [-0.15, -0.1) is 0 Å². The summed E-state index contributed by atoms with van der Waals surface area (Å²) in [4.78, 5) is 35.4. The molecule has 0 atom stereocenters. The van der Waals surface area contributed by atoms with E-state index in [-0.39, 0.29) is 11.7 Å². The van der Waals surface area contributed by atoms with Gasteiger partial charge in [-0.25, -0.2) is 9.97 Å². The molecule has 1 saturated heterocycles. The Bertz CT molecular complexity index is 848. The second-order valence-corrected chi connectivity index (χ2v) is 7.21. The highest BCUT2D eigenvalue weighted by Crippen LogP contribution is 2.24. The van der Waals surface area contributed by atoms with Gasteiger partial charge < -0.3 is 28.9 Å². The standard InChI is InChI=1S/C18H22N4O5S/c1-12(23)21-5-7-22(8-6-21)16-9-13(10-26-2)19-18(20-16)28-11-14-3-4-15(27-14)17(24)25/h3-4,9H,5-8,10-11H2,1-2H3,(H,24,25)/p-1. The maximum atomic E-state index is 11.5. The number of thioether (sulfide) groups is 1. The average Bonchev–Trinajstić information content (AvgIpc) is 3.16. The number of hydrogen-bond acceptors (Lipinski definition) is 9. The van der Waals surface area contributed by atoms with Crippen molar-refractivity contribution in [3.8, 4) is 0 Å². The van der Waals surface area contributed by atoms with Crippen molar-refractivity contribution in [3.05, 3.63) is 35.4 Å². The second-order valence-electron chi connectivity index (χ2n) is 6.27. The van der Waals surface area contributed by atoms with E-state index in [1.165, 1.54) is 17.8 Å². The quantitative estimate of drug-likeness (QED) is 0.481. The number of carbonyl (C=O) groups excluding carboxylic acids is 2. The van der Waals surface area contributed by atoms with Crippen molar-refractivity contribution in [2.24, 2.45) is 0 Å². The van der Waals surface area contributed by atoms with Gasteiger partial charge in [0.2, 0.25) is 5.91 Å². The first kappa shape index (κ1) is 20.2. The molecule has 1 fully saturated rings. The van der Waals surface area contributed by atoms with E-state index in [9.17, 15) is 14.7 Å². The van der Waals surface area contributed by atoms with E-state index in [4.69, 9.17) is 9.15 Å². The van der Waals surface area contributed by atoms with Gasteiger partial charge in [0, 0.05) is 46.3 Å². The van der Waals surface area contributed by atoms with E-state index >= 15 is 0 Å². The molecule has 0 unspecified atom stereocenters. The third-order valence-electron chi connectivity index (χ3n) is 4.29. The zero-order valence-corrected chi connectivity index (χ0v) is 16.5. The zero-order valence-electron chi connectivity index (χ0n) is 15.7. The van der Waals surface area contributed by atoms with Gasteiger partial charge in [-0.05, 0) is 12.1 Å². The molecule has 2 aromatic heterocycles. The topological polar surface area (TPSA) is 112 Å². The molecule has 150 valence electrons. The van der Waals surface area contributed by atoms with Crippen LogP contribution >= 0.6 is 11.8 Å². The van der Waals surface area contributed by atoms with E-state index in [1.54, 1.807) is 20.1 Å². The number of anilines is 1. The number of carboxylic acids is 1. The molecule has 0 radical (unpaired) electrons. The Kier molecular flexibility index (Phi) is 6.53. The molecule has 0 N–H and O–H groups in total. The Morgan fingerprint density at radius 3 is 2.61 bits per heavy atom. The molecule has 28 heavy (non-hydrogen) atoms. The summed E-state index contributed by atoms with van der Waals surface area (Å²) >= 11 is 1.35. The van der Waals surface area contributed by atoms with E-state index in [1.807, 2.05) is 11.0 Å². The third kappa shape index (κ3) is 5.02. The maximum absolute atomic E-state index is 11.5. The number of methoxy groups -OCH3 is 1. The van der Waals surface area contributed by atoms with Crippen molar-refractivity contribution in [1.29, 1.82) is 0 Å². The Hall–Kier alpha value is -2.59. The summed E-state index contributed by atoms with van der Waals surface area (Å²) in [6.45, 7) is 4.62. The van der Waals surface area contributed by atoms with E-state index < -0.39 is 5.97 Å². The molecule has 0 aliphatic carbocycles. The first-order valence-corrected chi connectivity index (χ1v) is 9.75. The molecule has 0 spiro atoms. The normalized spacial score (nSPS) is 14.4. The highest BCUT2D eigenvalue weighted by atomic mass is 32.2. The molecule has 2 aromatic rings. The van der Waals surface area contributed by atoms with Crippen LogP contribution in [0.5, 0.6) is 0 Å². The molecule has 9 nitrogen and oxygen atoms in total. The predicted octanol–water partition coefficient (Wildman–Crippen LogP) is 0.540. The number of amides is 1. The summed E-state index contributed by atoms with van der Waals surface area (Å²) in [5.41, 5.74) is 0.749. The van der Waals surface area contributed by atoms with Crippen molar-refractivity contribution in [2.45, 2.75) is 24.4 Å². The molecular weight excluding hydrogens is 384 g/mol. The zero-order chi connectivity index (χ0) is 20.1. The molecule has 3 rings (SSSR count). The van der Waals surface area contributed by atoms with Gasteiger partial charge in [0.15, 0.2) is 5.16 Å². The fourth-order valence-corrected chi connectivity index (χ4v) is 3.63. The number of nitrogens with zero attached hydrogens (tertiary/aromatic N) is 4. The minimum absolute atomic E-state index is 0.0769. The first-order chi connectivity index (χ1) is 13.5. The van der Waals surface area contributed by atoms with Crippen molar-refractivity contribution < 1.29 is 23.8 Å². The van der Waals surface area contributed by atoms with Crippen LogP contribution in [0.2, 0.25) is 0 Å². The van der Waals surface area contributed by atoms with E-state index in [0.717, 1.165) is 11.5 Å². The summed E-state index contributed by atoms with van der Waals surface area (Å²) in [5, 5.41) is 11.4. The highest BCUT2D eigenvalue weighted by Gasteiger charge is 2.21. The number of ether oxygens (including phenoxy) is 1. The SMILES string of the molecule is COCc1cc(N2CCN(C(C)=O)CC2)nc(SCc2ccc(C(=O)[O-])o2)n1. The van der Waals surface area contributed by atoms with E-state index in [0.29, 0.717) is 49.5 Å². The fraction of sp³-hybridized carbons (Fsp3) is 0.444. The molecule has 0 bridgehead atoms. The Morgan fingerprint density at radius 2 is 2.00 bits per heavy atom. The minimum atomic E-state index is -1.35. The van der Waals surface area contributed by atoms with Crippen molar-refractivity contribution in [3.63, 3.8) is 0 Å². The molecule has 1 aliphatic heterocycles.